The van der Waals surface area contributed by atoms with E-state index in [0.717, 1.165) is 29.2 Å². The van der Waals surface area contributed by atoms with E-state index in [1.165, 1.54) is 0 Å². The van der Waals surface area contributed by atoms with Crippen molar-refractivity contribution in [3.63, 3.8) is 0 Å². The minimum atomic E-state index is -3.20. The standard InChI is InChI=1S/C13H13NO2S/c1-6-2-4-7(5-3-6)17(15,16)14-12-10-8-9(10)11(8)13(12)14/h2-5,8-13H,1H3/t8?,9?,10?,11?,12-,13+,14?. The van der Waals surface area contributed by atoms with Gasteiger partial charge in [-0.3, -0.25) is 0 Å². The van der Waals surface area contributed by atoms with E-state index in [1.54, 1.807) is 16.4 Å². The Kier molecular flexibility index (Phi) is 1.24. The zero-order chi connectivity index (χ0) is 11.5. The molecular formula is C13H13NO2S. The van der Waals surface area contributed by atoms with Crippen molar-refractivity contribution in [2.75, 3.05) is 0 Å². The van der Waals surface area contributed by atoms with Gasteiger partial charge in [0.15, 0.2) is 0 Å². The minimum absolute atomic E-state index is 0.376. The molecule has 0 radical (unpaired) electrons. The fraction of sp³-hybridized carbons (Fsp3) is 0.538. The van der Waals surface area contributed by atoms with Gasteiger partial charge in [-0.25, -0.2) is 8.42 Å². The van der Waals surface area contributed by atoms with Gasteiger partial charge in [0.2, 0.25) is 10.0 Å². The van der Waals surface area contributed by atoms with Crippen molar-refractivity contribution in [1.82, 2.24) is 4.31 Å². The largest absolute Gasteiger partial charge is 0.243 e. The van der Waals surface area contributed by atoms with Gasteiger partial charge in [-0.15, -0.1) is 0 Å². The van der Waals surface area contributed by atoms with Crippen molar-refractivity contribution in [3.05, 3.63) is 29.8 Å². The highest BCUT2D eigenvalue weighted by Gasteiger charge is 2.93. The van der Waals surface area contributed by atoms with Crippen molar-refractivity contribution >= 4 is 10.0 Å². The van der Waals surface area contributed by atoms with Crippen LogP contribution in [-0.2, 0) is 10.0 Å². The molecule has 17 heavy (non-hydrogen) atoms. The van der Waals surface area contributed by atoms with Crippen LogP contribution in [0, 0.1) is 30.6 Å². The maximum absolute atomic E-state index is 12.4. The van der Waals surface area contributed by atoms with Gasteiger partial charge in [0, 0.05) is 12.1 Å². The molecule has 1 heterocycles. The number of aryl methyl sites for hydroxylation is 1. The van der Waals surface area contributed by atoms with Gasteiger partial charge < -0.3 is 0 Å². The highest BCUT2D eigenvalue weighted by Crippen LogP contribution is 2.88. The molecule has 5 fully saturated rings. The number of piperidine rings is 2. The lowest BCUT2D eigenvalue weighted by Crippen LogP contribution is -2.22. The van der Waals surface area contributed by atoms with E-state index in [4.69, 9.17) is 0 Å². The van der Waals surface area contributed by atoms with Gasteiger partial charge in [-0.2, -0.15) is 4.31 Å². The smallest absolute Gasteiger partial charge is 0.207 e. The summed E-state index contributed by atoms with van der Waals surface area (Å²) in [6, 6.07) is 7.97. The van der Waals surface area contributed by atoms with Gasteiger partial charge in [0.25, 0.3) is 0 Å². The Labute approximate surface area is 100 Å². The molecule has 1 saturated heterocycles. The third kappa shape index (κ3) is 0.858. The van der Waals surface area contributed by atoms with Crippen LogP contribution in [0.2, 0.25) is 0 Å². The summed E-state index contributed by atoms with van der Waals surface area (Å²) in [6.07, 6.45) is 0. The highest BCUT2D eigenvalue weighted by molar-refractivity contribution is 7.89. The number of nitrogens with zero attached hydrogens (tertiary/aromatic N) is 1. The van der Waals surface area contributed by atoms with E-state index in [-0.39, 0.29) is 0 Å². The van der Waals surface area contributed by atoms with Gasteiger partial charge >= 0.3 is 0 Å². The number of hydrogen-bond acceptors (Lipinski definition) is 2. The maximum Gasteiger partial charge on any atom is 0.243 e. The summed E-state index contributed by atoms with van der Waals surface area (Å²) >= 11 is 0. The Morgan fingerprint density at radius 3 is 2.00 bits per heavy atom. The zero-order valence-corrected chi connectivity index (χ0v) is 10.3. The van der Waals surface area contributed by atoms with E-state index < -0.39 is 10.0 Å². The summed E-state index contributed by atoms with van der Waals surface area (Å²) in [6.45, 7) is 1.97. The first-order valence-corrected chi connectivity index (χ1v) is 7.66. The summed E-state index contributed by atoms with van der Waals surface area (Å²) in [5, 5.41) is 0. The first-order chi connectivity index (χ1) is 8.12. The Morgan fingerprint density at radius 1 is 0.941 bits per heavy atom. The predicted octanol–water partition coefficient (Wildman–Crippen LogP) is 1.24. The molecule has 0 amide bonds. The second-order valence-electron chi connectivity index (χ2n) is 5.94. The minimum Gasteiger partial charge on any atom is -0.207 e. The Morgan fingerprint density at radius 2 is 1.47 bits per heavy atom. The normalized spacial score (nSPS) is 51.7. The molecule has 0 aromatic heterocycles. The lowest BCUT2D eigenvalue weighted by Gasteiger charge is -2.12. The van der Waals surface area contributed by atoms with Crippen LogP contribution >= 0.6 is 0 Å². The van der Waals surface area contributed by atoms with Crippen LogP contribution in [-0.4, -0.2) is 24.8 Å². The maximum atomic E-state index is 12.4. The molecule has 5 atom stereocenters. The van der Waals surface area contributed by atoms with Crippen LogP contribution in [0.5, 0.6) is 0 Å². The molecular weight excluding hydrogens is 234 g/mol. The molecule has 6 rings (SSSR count). The quantitative estimate of drug-likeness (QED) is 0.737. The van der Waals surface area contributed by atoms with Crippen molar-refractivity contribution in [2.45, 2.75) is 23.9 Å². The first-order valence-electron chi connectivity index (χ1n) is 6.22. The third-order valence-electron chi connectivity index (χ3n) is 5.17. The van der Waals surface area contributed by atoms with Crippen LogP contribution in [0.25, 0.3) is 0 Å². The lowest BCUT2D eigenvalue weighted by atomic mass is 10.2. The second kappa shape index (κ2) is 2.31. The third-order valence-corrected chi connectivity index (χ3v) is 7.08. The summed E-state index contributed by atoms with van der Waals surface area (Å²) in [7, 11) is -3.20. The van der Waals surface area contributed by atoms with E-state index in [0.29, 0.717) is 17.0 Å². The summed E-state index contributed by atoms with van der Waals surface area (Å²) in [4.78, 5) is 0.465. The predicted molar refractivity (Wildman–Crippen MR) is 61.7 cm³/mol. The summed E-state index contributed by atoms with van der Waals surface area (Å²) < 4.78 is 26.6. The van der Waals surface area contributed by atoms with Crippen molar-refractivity contribution in [2.24, 2.45) is 23.7 Å². The SMILES string of the molecule is Cc1ccc(S(=O)(=O)N2[C@@H]3C4C5C4C5[C@@H]32)cc1. The number of benzene rings is 1. The van der Waals surface area contributed by atoms with E-state index in [9.17, 15) is 8.42 Å². The Hall–Kier alpha value is -0.870. The van der Waals surface area contributed by atoms with Crippen LogP contribution in [0.1, 0.15) is 5.56 Å². The number of rotatable bonds is 2. The second-order valence-corrected chi connectivity index (χ2v) is 7.78. The molecule has 3 unspecified atom stereocenters. The van der Waals surface area contributed by atoms with Gasteiger partial charge in [-0.1, -0.05) is 17.7 Å². The average Bonchev–Trinajstić information content (AvgIpc) is 3.20. The van der Waals surface area contributed by atoms with Gasteiger partial charge in [0.1, 0.15) is 0 Å². The molecule has 3 nitrogen and oxygen atoms in total. The fourth-order valence-electron chi connectivity index (χ4n) is 4.24. The molecule has 4 heteroatoms. The molecule has 5 aliphatic rings. The van der Waals surface area contributed by atoms with Crippen LogP contribution in [0.15, 0.2) is 29.2 Å². The van der Waals surface area contributed by atoms with Crippen molar-refractivity contribution < 1.29 is 8.42 Å². The van der Waals surface area contributed by atoms with Crippen LogP contribution in [0.3, 0.4) is 0 Å². The van der Waals surface area contributed by atoms with Crippen LogP contribution in [0.4, 0.5) is 0 Å². The summed E-state index contributed by atoms with van der Waals surface area (Å²) in [5.74, 6) is 3.33. The van der Waals surface area contributed by atoms with Crippen molar-refractivity contribution in [1.29, 1.82) is 0 Å². The highest BCUT2D eigenvalue weighted by atomic mass is 32.2. The first kappa shape index (κ1) is 9.11. The van der Waals surface area contributed by atoms with Gasteiger partial charge in [-0.05, 0) is 42.7 Å². The molecule has 1 aliphatic heterocycles. The lowest BCUT2D eigenvalue weighted by molar-refractivity contribution is 0.435. The molecule has 0 spiro atoms. The summed E-state index contributed by atoms with van der Waals surface area (Å²) in [5.41, 5.74) is 1.10. The van der Waals surface area contributed by atoms with Crippen LogP contribution < -0.4 is 0 Å². The Balaban J connectivity index is 1.52. The number of sulfonamides is 1. The van der Waals surface area contributed by atoms with Gasteiger partial charge in [0.05, 0.1) is 4.90 Å². The molecule has 1 aromatic rings. The molecule has 0 N–H and O–H groups in total. The topological polar surface area (TPSA) is 37.1 Å². The van der Waals surface area contributed by atoms with E-state index in [2.05, 4.69) is 0 Å². The monoisotopic (exact) mass is 247 g/mol. The van der Waals surface area contributed by atoms with E-state index >= 15 is 0 Å². The molecule has 1 aromatic carbocycles. The molecule has 88 valence electrons. The molecule has 4 aliphatic carbocycles. The van der Waals surface area contributed by atoms with E-state index in [1.807, 2.05) is 19.1 Å². The number of hydrogen-bond donors (Lipinski definition) is 0. The molecule has 4 saturated carbocycles. The molecule has 2 bridgehead atoms. The van der Waals surface area contributed by atoms with Crippen molar-refractivity contribution in [3.8, 4) is 0 Å². The average molecular weight is 247 g/mol. The fourth-order valence-corrected chi connectivity index (χ4v) is 6.08. The Bertz CT molecular complexity index is 608. The zero-order valence-electron chi connectivity index (χ0n) is 9.45.